The molecule has 0 aliphatic carbocycles. The zero-order valence-electron chi connectivity index (χ0n) is 11.0. The van der Waals surface area contributed by atoms with E-state index in [2.05, 4.69) is 4.98 Å². The maximum atomic E-state index is 12.4. The molecular weight excluding hydrogens is 308 g/mol. The topological polar surface area (TPSA) is 66.9 Å². The van der Waals surface area contributed by atoms with Crippen molar-refractivity contribution in [3.8, 4) is 6.07 Å². The van der Waals surface area contributed by atoms with Gasteiger partial charge in [-0.1, -0.05) is 11.6 Å². The highest BCUT2D eigenvalue weighted by atomic mass is 35.5. The molecule has 2 heterocycles. The van der Waals surface area contributed by atoms with E-state index in [1.165, 1.54) is 17.6 Å². The number of carbonyl (C=O) groups is 1. The summed E-state index contributed by atoms with van der Waals surface area (Å²) in [5.74, 6) is -1.13. The lowest BCUT2D eigenvalue weighted by Gasteiger charge is -2.02. The van der Waals surface area contributed by atoms with Crippen molar-refractivity contribution in [2.75, 3.05) is 0 Å². The Bertz CT molecular complexity index is 875. The number of thiazole rings is 1. The van der Waals surface area contributed by atoms with Crippen LogP contribution in [0, 0.1) is 18.3 Å². The Kier molecular flexibility index (Phi) is 3.50. The second-order valence-corrected chi connectivity index (χ2v) is 6.02. The first kappa shape index (κ1) is 13.8. The molecular formula is C15H9ClN2O2S. The first-order valence-electron chi connectivity index (χ1n) is 6.14. The molecule has 1 atom stereocenters. The zero-order chi connectivity index (χ0) is 15.0. The molecule has 4 nitrogen and oxygen atoms in total. The van der Waals surface area contributed by atoms with Crippen LogP contribution in [-0.2, 0) is 0 Å². The van der Waals surface area contributed by atoms with Crippen molar-refractivity contribution in [2.24, 2.45) is 0 Å². The van der Waals surface area contributed by atoms with E-state index >= 15 is 0 Å². The molecule has 0 spiro atoms. The molecule has 104 valence electrons. The maximum Gasteiger partial charge on any atom is 0.222 e. The molecule has 2 aromatic heterocycles. The molecule has 21 heavy (non-hydrogen) atoms. The monoisotopic (exact) mass is 316 g/mol. The Morgan fingerprint density at radius 3 is 2.95 bits per heavy atom. The summed E-state index contributed by atoms with van der Waals surface area (Å²) in [6, 6.07) is 9.01. The van der Waals surface area contributed by atoms with Crippen molar-refractivity contribution in [1.82, 2.24) is 4.98 Å². The van der Waals surface area contributed by atoms with Gasteiger partial charge in [0, 0.05) is 5.02 Å². The number of furan rings is 1. The van der Waals surface area contributed by atoms with E-state index in [4.69, 9.17) is 16.0 Å². The third kappa shape index (κ3) is 2.44. The van der Waals surface area contributed by atoms with E-state index < -0.39 is 5.92 Å². The van der Waals surface area contributed by atoms with E-state index in [9.17, 15) is 10.1 Å². The minimum atomic E-state index is -0.967. The summed E-state index contributed by atoms with van der Waals surface area (Å²) in [6.07, 6.45) is 1.44. The normalized spacial score (nSPS) is 12.2. The fourth-order valence-corrected chi connectivity index (χ4v) is 3.18. The van der Waals surface area contributed by atoms with Gasteiger partial charge in [-0.3, -0.25) is 4.79 Å². The van der Waals surface area contributed by atoms with E-state index in [0.717, 1.165) is 4.70 Å². The quantitative estimate of drug-likeness (QED) is 0.674. The van der Waals surface area contributed by atoms with E-state index in [-0.39, 0.29) is 11.5 Å². The Morgan fingerprint density at radius 1 is 1.48 bits per heavy atom. The molecule has 3 rings (SSSR count). The molecule has 3 aromatic rings. The molecule has 0 amide bonds. The minimum absolute atomic E-state index is 0.207. The zero-order valence-corrected chi connectivity index (χ0v) is 12.5. The number of Topliss-reactive ketones (excluding diaryl/α,β-unsaturated/α-hetero) is 1. The number of fused-ring (bicyclic) bond motifs is 1. The van der Waals surface area contributed by atoms with E-state index in [1.807, 2.05) is 12.1 Å². The van der Waals surface area contributed by atoms with Gasteiger partial charge in [0.05, 0.1) is 22.5 Å². The van der Waals surface area contributed by atoms with Gasteiger partial charge in [0.1, 0.15) is 5.01 Å². The Balaban J connectivity index is 2.04. The average Bonchev–Trinajstić information content (AvgIpc) is 3.05. The number of carbonyl (C=O) groups excluding carboxylic acids is 1. The lowest BCUT2D eigenvalue weighted by atomic mass is 10.0. The minimum Gasteiger partial charge on any atom is -0.461 e. The molecule has 0 saturated carbocycles. The predicted molar refractivity (Wildman–Crippen MR) is 80.8 cm³/mol. The average molecular weight is 317 g/mol. The van der Waals surface area contributed by atoms with Gasteiger partial charge >= 0.3 is 0 Å². The van der Waals surface area contributed by atoms with Crippen LogP contribution in [0.5, 0.6) is 0 Å². The van der Waals surface area contributed by atoms with Crippen LogP contribution in [0.1, 0.15) is 27.0 Å². The first-order valence-corrected chi connectivity index (χ1v) is 7.33. The SMILES string of the molecule is Cc1ccoc1C(=O)C(C#N)c1nc2cc(Cl)ccc2s1. The van der Waals surface area contributed by atoms with Crippen molar-refractivity contribution in [1.29, 1.82) is 5.26 Å². The summed E-state index contributed by atoms with van der Waals surface area (Å²) in [5, 5.41) is 10.4. The molecule has 1 aromatic carbocycles. The molecule has 0 fully saturated rings. The van der Waals surface area contributed by atoms with Crippen LogP contribution in [0.3, 0.4) is 0 Å². The molecule has 1 unspecified atom stereocenters. The third-order valence-corrected chi connectivity index (χ3v) is 4.43. The molecule has 0 bridgehead atoms. The van der Waals surface area contributed by atoms with Crippen molar-refractivity contribution < 1.29 is 9.21 Å². The highest BCUT2D eigenvalue weighted by Crippen LogP contribution is 2.31. The summed E-state index contributed by atoms with van der Waals surface area (Å²) >= 11 is 7.24. The largest absolute Gasteiger partial charge is 0.461 e. The third-order valence-electron chi connectivity index (χ3n) is 3.09. The molecule has 0 aliphatic rings. The Morgan fingerprint density at radius 2 is 2.29 bits per heavy atom. The van der Waals surface area contributed by atoms with Gasteiger partial charge in [-0.25, -0.2) is 4.98 Å². The molecule has 0 N–H and O–H groups in total. The summed E-state index contributed by atoms with van der Waals surface area (Å²) in [7, 11) is 0. The van der Waals surface area contributed by atoms with Crippen molar-refractivity contribution in [3.63, 3.8) is 0 Å². The Labute approximate surface area is 129 Å². The number of nitrogens with zero attached hydrogens (tertiary/aromatic N) is 2. The van der Waals surface area contributed by atoms with Gasteiger partial charge in [0.2, 0.25) is 5.78 Å². The lowest BCUT2D eigenvalue weighted by molar-refractivity contribution is 0.0951. The molecule has 0 radical (unpaired) electrons. The van der Waals surface area contributed by atoms with Crippen molar-refractivity contribution in [3.05, 3.63) is 51.9 Å². The summed E-state index contributed by atoms with van der Waals surface area (Å²) in [4.78, 5) is 16.8. The van der Waals surface area contributed by atoms with Crippen LogP contribution in [0.25, 0.3) is 10.2 Å². The standard InChI is InChI=1S/C15H9ClN2O2S/c1-8-4-5-20-14(8)13(19)10(7-17)15-18-11-6-9(16)2-3-12(11)21-15/h2-6,10H,1H3. The highest BCUT2D eigenvalue weighted by molar-refractivity contribution is 7.18. The molecule has 0 aliphatic heterocycles. The fraction of sp³-hybridized carbons (Fsp3) is 0.133. The molecule has 0 saturated heterocycles. The van der Waals surface area contributed by atoms with Crippen molar-refractivity contribution in [2.45, 2.75) is 12.8 Å². The smallest absolute Gasteiger partial charge is 0.222 e. The van der Waals surface area contributed by atoms with Gasteiger partial charge in [0.15, 0.2) is 11.7 Å². The van der Waals surface area contributed by atoms with E-state index in [1.54, 1.807) is 25.1 Å². The van der Waals surface area contributed by atoms with E-state index in [0.29, 0.717) is 21.1 Å². The number of nitriles is 1. The van der Waals surface area contributed by atoms with Crippen LogP contribution < -0.4 is 0 Å². The first-order chi connectivity index (χ1) is 10.1. The summed E-state index contributed by atoms with van der Waals surface area (Å²) < 4.78 is 6.07. The predicted octanol–water partition coefficient (Wildman–Crippen LogP) is 4.34. The van der Waals surface area contributed by atoms with Gasteiger partial charge in [-0.05, 0) is 36.8 Å². The summed E-state index contributed by atoms with van der Waals surface area (Å²) in [6.45, 7) is 1.77. The number of aromatic nitrogens is 1. The number of hydrogen-bond donors (Lipinski definition) is 0. The Hall–Kier alpha value is -2.16. The van der Waals surface area contributed by atoms with Gasteiger partial charge in [-0.2, -0.15) is 5.26 Å². The number of rotatable bonds is 3. The van der Waals surface area contributed by atoms with Crippen LogP contribution in [0.4, 0.5) is 0 Å². The van der Waals surface area contributed by atoms with Gasteiger partial charge in [0.25, 0.3) is 0 Å². The fourth-order valence-electron chi connectivity index (χ4n) is 2.02. The van der Waals surface area contributed by atoms with Gasteiger partial charge < -0.3 is 4.42 Å². The van der Waals surface area contributed by atoms with Gasteiger partial charge in [-0.15, -0.1) is 11.3 Å². The van der Waals surface area contributed by atoms with Crippen LogP contribution >= 0.6 is 22.9 Å². The number of hydrogen-bond acceptors (Lipinski definition) is 5. The second-order valence-electron chi connectivity index (χ2n) is 4.52. The van der Waals surface area contributed by atoms with Crippen molar-refractivity contribution >= 4 is 38.9 Å². The van der Waals surface area contributed by atoms with Crippen LogP contribution in [0.15, 0.2) is 34.9 Å². The number of benzene rings is 1. The molecule has 6 heteroatoms. The lowest BCUT2D eigenvalue weighted by Crippen LogP contribution is -2.11. The second kappa shape index (κ2) is 5.32. The number of aryl methyl sites for hydroxylation is 1. The van der Waals surface area contributed by atoms with Crippen LogP contribution in [-0.4, -0.2) is 10.8 Å². The maximum absolute atomic E-state index is 12.4. The van der Waals surface area contributed by atoms with Crippen LogP contribution in [0.2, 0.25) is 5.02 Å². The summed E-state index contributed by atoms with van der Waals surface area (Å²) in [5.41, 5.74) is 1.40. The number of ketones is 1. The number of halogens is 1. The highest BCUT2D eigenvalue weighted by Gasteiger charge is 2.28.